The van der Waals surface area contributed by atoms with Gasteiger partial charge >= 0.3 is 0 Å². The van der Waals surface area contributed by atoms with Crippen LogP contribution < -0.4 is 5.32 Å². The van der Waals surface area contributed by atoms with E-state index >= 15 is 0 Å². The zero-order chi connectivity index (χ0) is 11.8. The molecule has 1 rings (SSSR count). The average Bonchev–Trinajstić information content (AvgIpc) is 2.31. The van der Waals surface area contributed by atoms with Crippen LogP contribution in [0.2, 0.25) is 0 Å². The molecule has 0 saturated carbocycles. The molecule has 1 aromatic carbocycles. The molecule has 0 bridgehead atoms. The first kappa shape index (κ1) is 13.2. The summed E-state index contributed by atoms with van der Waals surface area (Å²) in [4.78, 5) is 0. The number of aryl methyl sites for hydroxylation is 1. The largest absolute Gasteiger partial charge is 0.316 e. The molecule has 0 radical (unpaired) electrons. The molecule has 90 valence electrons. The van der Waals surface area contributed by atoms with Crippen LogP contribution in [0.3, 0.4) is 0 Å². The Kier molecular flexibility index (Phi) is 6.17. The molecule has 0 aliphatic rings. The fraction of sp³-hybridized carbons (Fsp3) is 0.600. The molecule has 0 aromatic heterocycles. The standard InChI is InChI=1S/C15H25N/c1-4-6-7-15(12-16-5-2)14-10-8-13(3)9-11-14/h8-11,15-16H,4-7,12H2,1-3H3. The Morgan fingerprint density at radius 3 is 2.38 bits per heavy atom. The van der Waals surface area contributed by atoms with E-state index in [-0.39, 0.29) is 0 Å². The molecule has 0 saturated heterocycles. The van der Waals surface area contributed by atoms with Crippen molar-refractivity contribution in [3.05, 3.63) is 35.4 Å². The van der Waals surface area contributed by atoms with Crippen LogP contribution in [0.1, 0.15) is 50.2 Å². The van der Waals surface area contributed by atoms with E-state index in [9.17, 15) is 0 Å². The van der Waals surface area contributed by atoms with Crippen molar-refractivity contribution in [3.8, 4) is 0 Å². The lowest BCUT2D eigenvalue weighted by atomic mass is 9.93. The quantitative estimate of drug-likeness (QED) is 0.734. The highest BCUT2D eigenvalue weighted by molar-refractivity contribution is 5.24. The molecule has 1 N–H and O–H groups in total. The maximum absolute atomic E-state index is 3.47. The molecule has 1 nitrogen and oxygen atoms in total. The van der Waals surface area contributed by atoms with Gasteiger partial charge in [0.2, 0.25) is 0 Å². The van der Waals surface area contributed by atoms with Gasteiger partial charge in [0.15, 0.2) is 0 Å². The van der Waals surface area contributed by atoms with Crippen molar-refractivity contribution in [2.75, 3.05) is 13.1 Å². The lowest BCUT2D eigenvalue weighted by Gasteiger charge is -2.17. The molecule has 0 heterocycles. The Morgan fingerprint density at radius 2 is 1.81 bits per heavy atom. The van der Waals surface area contributed by atoms with Crippen molar-refractivity contribution in [1.82, 2.24) is 5.32 Å². The van der Waals surface area contributed by atoms with Gasteiger partial charge in [0.25, 0.3) is 0 Å². The smallest absolute Gasteiger partial charge is 0.00200 e. The van der Waals surface area contributed by atoms with Crippen molar-refractivity contribution < 1.29 is 0 Å². The Hall–Kier alpha value is -0.820. The van der Waals surface area contributed by atoms with Crippen LogP contribution in [-0.4, -0.2) is 13.1 Å². The van der Waals surface area contributed by atoms with Gasteiger partial charge in [0.1, 0.15) is 0 Å². The minimum atomic E-state index is 0.681. The molecule has 0 fully saturated rings. The maximum atomic E-state index is 3.47. The summed E-state index contributed by atoms with van der Waals surface area (Å²) in [5.41, 5.74) is 2.83. The van der Waals surface area contributed by atoms with Crippen LogP contribution in [0.25, 0.3) is 0 Å². The number of rotatable bonds is 7. The summed E-state index contributed by atoms with van der Waals surface area (Å²) < 4.78 is 0. The molecule has 0 amide bonds. The van der Waals surface area contributed by atoms with Gasteiger partial charge in [-0.05, 0) is 31.4 Å². The highest BCUT2D eigenvalue weighted by atomic mass is 14.8. The maximum Gasteiger partial charge on any atom is 0.00200 e. The molecule has 1 heteroatoms. The first-order valence-electron chi connectivity index (χ1n) is 6.55. The number of hydrogen-bond donors (Lipinski definition) is 1. The predicted molar refractivity (Wildman–Crippen MR) is 72.0 cm³/mol. The summed E-state index contributed by atoms with van der Waals surface area (Å²) in [5, 5.41) is 3.47. The molecule has 0 aliphatic heterocycles. The third-order valence-corrected chi connectivity index (χ3v) is 3.10. The van der Waals surface area contributed by atoms with Crippen LogP contribution in [0.5, 0.6) is 0 Å². The lowest BCUT2D eigenvalue weighted by molar-refractivity contribution is 0.538. The fourth-order valence-corrected chi connectivity index (χ4v) is 1.99. The summed E-state index contributed by atoms with van der Waals surface area (Å²) in [7, 11) is 0. The van der Waals surface area contributed by atoms with Gasteiger partial charge in [-0.25, -0.2) is 0 Å². The second kappa shape index (κ2) is 7.45. The van der Waals surface area contributed by atoms with Gasteiger partial charge in [0.05, 0.1) is 0 Å². The molecule has 1 atom stereocenters. The lowest BCUT2D eigenvalue weighted by Crippen LogP contribution is -2.21. The zero-order valence-electron chi connectivity index (χ0n) is 10.9. The van der Waals surface area contributed by atoms with E-state index in [1.807, 2.05) is 0 Å². The molecule has 16 heavy (non-hydrogen) atoms. The monoisotopic (exact) mass is 219 g/mol. The van der Waals surface area contributed by atoms with Crippen LogP contribution in [0, 0.1) is 6.92 Å². The fourth-order valence-electron chi connectivity index (χ4n) is 1.99. The second-order valence-electron chi connectivity index (χ2n) is 4.56. The molecular weight excluding hydrogens is 194 g/mol. The summed E-state index contributed by atoms with van der Waals surface area (Å²) in [5.74, 6) is 0.681. The number of unbranched alkanes of at least 4 members (excludes halogenated alkanes) is 1. The van der Waals surface area contributed by atoms with Gasteiger partial charge in [-0.15, -0.1) is 0 Å². The van der Waals surface area contributed by atoms with Gasteiger partial charge in [-0.3, -0.25) is 0 Å². The first-order valence-corrected chi connectivity index (χ1v) is 6.55. The normalized spacial score (nSPS) is 12.7. The SMILES string of the molecule is CCCCC(CNCC)c1ccc(C)cc1. The average molecular weight is 219 g/mol. The summed E-state index contributed by atoms with van der Waals surface area (Å²) in [6.45, 7) is 8.76. The Balaban J connectivity index is 2.62. The highest BCUT2D eigenvalue weighted by Gasteiger charge is 2.09. The number of hydrogen-bond acceptors (Lipinski definition) is 1. The zero-order valence-corrected chi connectivity index (χ0v) is 10.9. The van der Waals surface area contributed by atoms with Crippen LogP contribution >= 0.6 is 0 Å². The molecule has 0 spiro atoms. The van der Waals surface area contributed by atoms with Gasteiger partial charge < -0.3 is 5.32 Å². The first-order chi connectivity index (χ1) is 7.77. The van der Waals surface area contributed by atoms with E-state index in [2.05, 4.69) is 50.4 Å². The van der Waals surface area contributed by atoms with E-state index in [1.54, 1.807) is 0 Å². The second-order valence-corrected chi connectivity index (χ2v) is 4.56. The minimum Gasteiger partial charge on any atom is -0.316 e. The third-order valence-electron chi connectivity index (χ3n) is 3.10. The van der Waals surface area contributed by atoms with Crippen LogP contribution in [0.15, 0.2) is 24.3 Å². The predicted octanol–water partition coefficient (Wildman–Crippen LogP) is 3.88. The third kappa shape index (κ3) is 4.36. The van der Waals surface area contributed by atoms with Crippen molar-refractivity contribution in [2.45, 2.75) is 46.0 Å². The van der Waals surface area contributed by atoms with Crippen LogP contribution in [-0.2, 0) is 0 Å². The number of nitrogens with one attached hydrogen (secondary N) is 1. The minimum absolute atomic E-state index is 0.681. The summed E-state index contributed by atoms with van der Waals surface area (Å²) >= 11 is 0. The Labute approximate surface area is 100 Å². The molecular formula is C15H25N. The van der Waals surface area contributed by atoms with E-state index in [1.165, 1.54) is 30.4 Å². The molecule has 0 aliphatic carbocycles. The van der Waals surface area contributed by atoms with E-state index in [0.29, 0.717) is 5.92 Å². The summed E-state index contributed by atoms with van der Waals surface area (Å²) in [6, 6.07) is 9.01. The molecule has 1 unspecified atom stereocenters. The molecule has 1 aromatic rings. The Morgan fingerprint density at radius 1 is 1.12 bits per heavy atom. The van der Waals surface area contributed by atoms with Crippen LogP contribution in [0.4, 0.5) is 0 Å². The van der Waals surface area contributed by atoms with Crippen molar-refractivity contribution in [3.63, 3.8) is 0 Å². The number of likely N-dealkylation sites (N-methyl/N-ethyl adjacent to an activating group) is 1. The van der Waals surface area contributed by atoms with Gasteiger partial charge in [-0.1, -0.05) is 56.5 Å². The van der Waals surface area contributed by atoms with E-state index < -0.39 is 0 Å². The Bertz CT molecular complexity index is 268. The summed E-state index contributed by atoms with van der Waals surface area (Å²) in [6.07, 6.45) is 3.91. The number of benzene rings is 1. The van der Waals surface area contributed by atoms with E-state index in [4.69, 9.17) is 0 Å². The van der Waals surface area contributed by atoms with Gasteiger partial charge in [0, 0.05) is 6.54 Å². The topological polar surface area (TPSA) is 12.0 Å². The van der Waals surface area contributed by atoms with E-state index in [0.717, 1.165) is 13.1 Å². The van der Waals surface area contributed by atoms with Crippen molar-refractivity contribution in [1.29, 1.82) is 0 Å². The highest BCUT2D eigenvalue weighted by Crippen LogP contribution is 2.21. The van der Waals surface area contributed by atoms with Crippen molar-refractivity contribution >= 4 is 0 Å². The van der Waals surface area contributed by atoms with Gasteiger partial charge in [-0.2, -0.15) is 0 Å². The van der Waals surface area contributed by atoms with Crippen molar-refractivity contribution in [2.24, 2.45) is 0 Å².